The number of hydrogen-bond acceptors (Lipinski definition) is 4. The first kappa shape index (κ1) is 20.4. The molecule has 2 fully saturated rings. The fourth-order valence-corrected chi connectivity index (χ4v) is 6.24. The van der Waals surface area contributed by atoms with E-state index in [-0.39, 0.29) is 16.9 Å². The quantitative estimate of drug-likeness (QED) is 0.698. The number of hydrogen-bond donors (Lipinski definition) is 1. The number of aliphatic hydroxyl groups is 1. The number of sulfonamides is 1. The second kappa shape index (κ2) is 6.69. The first-order chi connectivity index (χ1) is 11.4. The van der Waals surface area contributed by atoms with E-state index in [0.29, 0.717) is 18.8 Å². The van der Waals surface area contributed by atoms with Crippen LogP contribution in [0.5, 0.6) is 0 Å². The van der Waals surface area contributed by atoms with E-state index in [2.05, 4.69) is 27.4 Å². The zero-order chi connectivity index (χ0) is 19.2. The molecule has 144 valence electrons. The number of carbonyl (C=O) groups is 1. The maximum absolute atomic E-state index is 13.1. The van der Waals surface area contributed by atoms with Gasteiger partial charge in [-0.2, -0.15) is 0 Å². The van der Waals surface area contributed by atoms with Crippen molar-refractivity contribution in [2.75, 3.05) is 6.26 Å². The summed E-state index contributed by atoms with van der Waals surface area (Å²) in [5.74, 6) is -0.797. The molecular formula is C19H33NO4S. The highest BCUT2D eigenvalue weighted by Crippen LogP contribution is 2.66. The highest BCUT2D eigenvalue weighted by molar-refractivity contribution is 7.88. The normalized spacial score (nSPS) is 33.0. The van der Waals surface area contributed by atoms with Crippen molar-refractivity contribution in [3.63, 3.8) is 0 Å². The Kier molecular flexibility index (Phi) is 5.47. The van der Waals surface area contributed by atoms with Crippen molar-refractivity contribution in [2.24, 2.45) is 22.7 Å². The van der Waals surface area contributed by atoms with E-state index in [0.717, 1.165) is 29.8 Å². The smallest absolute Gasteiger partial charge is 0.241 e. The topological polar surface area (TPSA) is 74.7 Å². The number of amides is 1. The van der Waals surface area contributed by atoms with Gasteiger partial charge in [0.2, 0.25) is 15.9 Å². The third-order valence-electron chi connectivity index (χ3n) is 7.24. The number of carbonyl (C=O) groups excluding carboxylic acids is 1. The highest BCUT2D eigenvalue weighted by atomic mass is 32.2. The fourth-order valence-electron chi connectivity index (χ4n) is 4.97. The first-order valence-electron chi connectivity index (χ1n) is 9.20. The molecule has 6 heteroatoms. The molecule has 0 aromatic heterocycles. The van der Waals surface area contributed by atoms with Crippen molar-refractivity contribution in [1.29, 1.82) is 0 Å². The minimum absolute atomic E-state index is 0.00554. The van der Waals surface area contributed by atoms with Crippen LogP contribution < -0.4 is 0 Å². The lowest BCUT2D eigenvalue weighted by Gasteiger charge is -2.44. The standard InChI is InChI=1S/C19H33NO4S/c1-7-8-9-15(21)13(2)17(22)20(25(6,23)24)16-12-14-10-11-19(16,5)18(14,3)4/h7,13-16,21H,1,8-12H2,2-6H3/t13-,14?,15-,16+,19-/m1/s1. The van der Waals surface area contributed by atoms with Crippen LogP contribution in [0, 0.1) is 22.7 Å². The van der Waals surface area contributed by atoms with Crippen LogP contribution in [0.1, 0.15) is 59.8 Å². The van der Waals surface area contributed by atoms with Crippen molar-refractivity contribution in [2.45, 2.75) is 71.9 Å². The van der Waals surface area contributed by atoms with Crippen molar-refractivity contribution >= 4 is 15.9 Å². The lowest BCUT2D eigenvalue weighted by atomic mass is 9.69. The number of fused-ring (bicyclic) bond motifs is 2. The van der Waals surface area contributed by atoms with Gasteiger partial charge in [0.25, 0.3) is 0 Å². The van der Waals surface area contributed by atoms with Gasteiger partial charge in [0.05, 0.1) is 24.3 Å². The summed E-state index contributed by atoms with van der Waals surface area (Å²) < 4.78 is 26.2. The molecule has 1 N–H and O–H groups in total. The average Bonchev–Trinajstić information content (AvgIpc) is 2.84. The van der Waals surface area contributed by atoms with Crippen molar-refractivity contribution in [1.82, 2.24) is 4.31 Å². The molecule has 1 amide bonds. The van der Waals surface area contributed by atoms with Crippen molar-refractivity contribution < 1.29 is 18.3 Å². The van der Waals surface area contributed by atoms with Gasteiger partial charge in [0.1, 0.15) is 0 Å². The summed E-state index contributed by atoms with van der Waals surface area (Å²) in [4.78, 5) is 13.1. The molecule has 2 aliphatic carbocycles. The van der Waals surface area contributed by atoms with Crippen LogP contribution in [0.3, 0.4) is 0 Å². The maximum atomic E-state index is 13.1. The summed E-state index contributed by atoms with van der Waals surface area (Å²) in [6.07, 6.45) is 5.67. The van der Waals surface area contributed by atoms with Crippen LogP contribution in [0.2, 0.25) is 0 Å². The largest absolute Gasteiger partial charge is 0.392 e. The highest BCUT2D eigenvalue weighted by Gasteiger charge is 2.64. The van der Waals surface area contributed by atoms with Crippen molar-refractivity contribution in [3.8, 4) is 0 Å². The van der Waals surface area contributed by atoms with Crippen LogP contribution in [0.15, 0.2) is 12.7 Å². The van der Waals surface area contributed by atoms with Gasteiger partial charge in [0.15, 0.2) is 0 Å². The SMILES string of the molecule is C=CCC[C@@H](O)[C@@H](C)C(=O)N([C@H]1CC2CC[C@@]1(C)C2(C)C)S(C)(=O)=O. The molecule has 5 atom stereocenters. The van der Waals surface area contributed by atoms with Crippen LogP contribution >= 0.6 is 0 Å². The molecule has 0 aliphatic heterocycles. The van der Waals surface area contributed by atoms with Gasteiger partial charge in [0, 0.05) is 0 Å². The molecule has 0 radical (unpaired) electrons. The Labute approximate surface area is 152 Å². The summed E-state index contributed by atoms with van der Waals surface area (Å²) in [5, 5.41) is 10.3. The number of allylic oxidation sites excluding steroid dienone is 1. The van der Waals surface area contributed by atoms with Gasteiger partial charge in [-0.05, 0) is 48.9 Å². The maximum Gasteiger partial charge on any atom is 0.241 e. The Hall–Kier alpha value is -0.880. The lowest BCUT2D eigenvalue weighted by molar-refractivity contribution is -0.137. The van der Waals surface area contributed by atoms with E-state index in [9.17, 15) is 18.3 Å². The zero-order valence-electron chi connectivity index (χ0n) is 16.2. The molecule has 2 aliphatic rings. The summed E-state index contributed by atoms with van der Waals surface area (Å²) in [7, 11) is -3.70. The summed E-state index contributed by atoms with van der Waals surface area (Å²) >= 11 is 0. The molecule has 2 bridgehead atoms. The third-order valence-corrected chi connectivity index (χ3v) is 8.39. The van der Waals surface area contributed by atoms with Crippen molar-refractivity contribution in [3.05, 3.63) is 12.7 Å². The van der Waals surface area contributed by atoms with Crippen LogP contribution in [-0.4, -0.2) is 42.1 Å². The minimum atomic E-state index is -3.70. The van der Waals surface area contributed by atoms with Crippen LogP contribution in [-0.2, 0) is 14.8 Å². The zero-order valence-corrected chi connectivity index (χ0v) is 17.0. The Bertz CT molecular complexity index is 642. The molecule has 0 heterocycles. The average molecular weight is 372 g/mol. The van der Waals surface area contributed by atoms with E-state index in [1.54, 1.807) is 13.0 Å². The minimum Gasteiger partial charge on any atom is -0.392 e. The second-order valence-electron chi connectivity index (χ2n) is 8.75. The van der Waals surface area contributed by atoms with Gasteiger partial charge in [-0.3, -0.25) is 4.79 Å². The predicted molar refractivity (Wildman–Crippen MR) is 99.3 cm³/mol. The van der Waals surface area contributed by atoms with Gasteiger partial charge < -0.3 is 5.11 Å². The molecule has 2 rings (SSSR count). The molecular weight excluding hydrogens is 338 g/mol. The fraction of sp³-hybridized carbons (Fsp3) is 0.842. The Morgan fingerprint density at radius 1 is 1.40 bits per heavy atom. The molecule has 2 saturated carbocycles. The molecule has 0 aromatic rings. The molecule has 0 spiro atoms. The number of rotatable bonds is 7. The Morgan fingerprint density at radius 3 is 2.40 bits per heavy atom. The van der Waals surface area contributed by atoms with Crippen LogP contribution in [0.25, 0.3) is 0 Å². The van der Waals surface area contributed by atoms with Gasteiger partial charge in [-0.25, -0.2) is 12.7 Å². The summed E-state index contributed by atoms with van der Waals surface area (Å²) in [6.45, 7) is 11.7. The molecule has 1 unspecified atom stereocenters. The molecule has 5 nitrogen and oxygen atoms in total. The lowest BCUT2D eigenvalue weighted by Crippen LogP contribution is -2.54. The Balaban J connectivity index is 2.33. The van der Waals surface area contributed by atoms with E-state index < -0.39 is 28.0 Å². The molecule has 0 aromatic carbocycles. The van der Waals surface area contributed by atoms with Crippen LogP contribution in [0.4, 0.5) is 0 Å². The Morgan fingerprint density at radius 2 is 2.00 bits per heavy atom. The number of aliphatic hydroxyl groups excluding tert-OH is 1. The second-order valence-corrected chi connectivity index (χ2v) is 10.6. The number of nitrogens with zero attached hydrogens (tertiary/aromatic N) is 1. The first-order valence-corrected chi connectivity index (χ1v) is 11.0. The van der Waals surface area contributed by atoms with Gasteiger partial charge >= 0.3 is 0 Å². The van der Waals surface area contributed by atoms with Gasteiger partial charge in [-0.1, -0.05) is 33.8 Å². The predicted octanol–water partition coefficient (Wildman–Crippen LogP) is 2.95. The molecule has 25 heavy (non-hydrogen) atoms. The van der Waals surface area contributed by atoms with E-state index in [1.165, 1.54) is 0 Å². The summed E-state index contributed by atoms with van der Waals surface area (Å²) in [6, 6.07) is -0.321. The monoisotopic (exact) mass is 371 g/mol. The van der Waals surface area contributed by atoms with E-state index in [4.69, 9.17) is 0 Å². The third kappa shape index (κ3) is 3.27. The summed E-state index contributed by atoms with van der Waals surface area (Å²) in [5.41, 5.74) is -0.215. The molecule has 0 saturated heterocycles. The van der Waals surface area contributed by atoms with Gasteiger partial charge in [-0.15, -0.1) is 6.58 Å². The van der Waals surface area contributed by atoms with E-state index in [1.807, 2.05) is 0 Å². The van der Waals surface area contributed by atoms with E-state index >= 15 is 0 Å².